The molecule has 0 radical (unpaired) electrons. The molecule has 4 nitrogen and oxygen atoms in total. The van der Waals surface area contributed by atoms with E-state index in [1.807, 2.05) is 68.5 Å². The second-order valence-corrected chi connectivity index (χ2v) is 7.57. The Balaban J connectivity index is 0.000000261. The standard InChI is InChI=1S/C17H17NO.C7H15NO/c1-13-6-9-16(10-7-13)18-17(19)11-8-15-5-3-4-14(2)12-15;1-8(2)7-3-5-9-6-4-7/h3-12H,1-2H3,(H,18,19);7H,3-6H2,1-2H3/p+1/b11-8+;. The maximum absolute atomic E-state index is 11.8. The molecule has 0 spiro atoms. The van der Waals surface area contributed by atoms with Gasteiger partial charge in [-0.15, -0.1) is 0 Å². The number of amides is 1. The van der Waals surface area contributed by atoms with E-state index in [-0.39, 0.29) is 5.91 Å². The van der Waals surface area contributed by atoms with Gasteiger partial charge in [-0.25, -0.2) is 0 Å². The van der Waals surface area contributed by atoms with Crippen LogP contribution in [-0.2, 0) is 9.53 Å². The molecular weight excluding hydrogens is 348 g/mol. The third-order valence-electron chi connectivity index (χ3n) is 4.83. The molecule has 0 saturated carbocycles. The highest BCUT2D eigenvalue weighted by Gasteiger charge is 2.17. The molecule has 0 aliphatic carbocycles. The van der Waals surface area contributed by atoms with Gasteiger partial charge in [0.25, 0.3) is 0 Å². The highest BCUT2D eigenvalue weighted by Crippen LogP contribution is 2.09. The van der Waals surface area contributed by atoms with Crippen LogP contribution in [0.2, 0.25) is 0 Å². The summed E-state index contributed by atoms with van der Waals surface area (Å²) >= 11 is 0. The zero-order valence-electron chi connectivity index (χ0n) is 17.5. The number of ether oxygens (including phenoxy) is 1. The summed E-state index contributed by atoms with van der Waals surface area (Å²) in [5, 5.41) is 2.83. The number of anilines is 1. The number of carbonyl (C=O) groups is 1. The summed E-state index contributed by atoms with van der Waals surface area (Å²) in [5.74, 6) is -0.120. The second kappa shape index (κ2) is 11.4. The molecule has 1 amide bonds. The molecule has 2 aromatic carbocycles. The van der Waals surface area contributed by atoms with Gasteiger partial charge in [0.2, 0.25) is 5.91 Å². The summed E-state index contributed by atoms with van der Waals surface area (Å²) in [5.41, 5.74) is 4.19. The molecule has 1 saturated heterocycles. The van der Waals surface area contributed by atoms with Gasteiger partial charge in [-0.3, -0.25) is 4.79 Å². The molecule has 1 heterocycles. The second-order valence-electron chi connectivity index (χ2n) is 7.57. The first kappa shape index (κ1) is 21.9. The van der Waals surface area contributed by atoms with Crippen molar-refractivity contribution in [2.24, 2.45) is 0 Å². The van der Waals surface area contributed by atoms with E-state index in [4.69, 9.17) is 4.74 Å². The minimum absolute atomic E-state index is 0.120. The minimum Gasteiger partial charge on any atom is -0.381 e. The van der Waals surface area contributed by atoms with E-state index in [0.717, 1.165) is 30.5 Å². The molecule has 2 aromatic rings. The van der Waals surface area contributed by atoms with Crippen molar-refractivity contribution in [2.75, 3.05) is 32.6 Å². The van der Waals surface area contributed by atoms with Crippen molar-refractivity contribution in [1.29, 1.82) is 0 Å². The third kappa shape index (κ3) is 8.07. The van der Waals surface area contributed by atoms with E-state index in [2.05, 4.69) is 19.4 Å². The van der Waals surface area contributed by atoms with E-state index < -0.39 is 0 Å². The fourth-order valence-electron chi connectivity index (χ4n) is 3.04. The summed E-state index contributed by atoms with van der Waals surface area (Å²) in [6.45, 7) is 5.98. The van der Waals surface area contributed by atoms with Gasteiger partial charge in [0, 0.05) is 24.6 Å². The van der Waals surface area contributed by atoms with Crippen molar-refractivity contribution >= 4 is 17.7 Å². The van der Waals surface area contributed by atoms with Crippen molar-refractivity contribution < 1.29 is 14.4 Å². The Kier molecular flexibility index (Phi) is 8.92. The number of aryl methyl sites for hydroxylation is 2. The van der Waals surface area contributed by atoms with Gasteiger partial charge in [0.15, 0.2) is 0 Å². The molecule has 150 valence electrons. The van der Waals surface area contributed by atoms with Crippen LogP contribution in [0.25, 0.3) is 6.08 Å². The maximum atomic E-state index is 11.8. The average Bonchev–Trinajstić information content (AvgIpc) is 2.69. The average molecular weight is 382 g/mol. The lowest BCUT2D eigenvalue weighted by Gasteiger charge is -2.24. The molecule has 4 heteroatoms. The van der Waals surface area contributed by atoms with Gasteiger partial charge in [0.1, 0.15) is 0 Å². The lowest BCUT2D eigenvalue weighted by Crippen LogP contribution is -3.10. The van der Waals surface area contributed by atoms with Crippen LogP contribution in [0, 0.1) is 13.8 Å². The van der Waals surface area contributed by atoms with Gasteiger partial charge in [-0.05, 0) is 37.6 Å². The number of nitrogens with one attached hydrogen (secondary N) is 2. The van der Waals surface area contributed by atoms with E-state index in [1.54, 1.807) is 11.0 Å². The summed E-state index contributed by atoms with van der Waals surface area (Å²) in [4.78, 5) is 13.3. The van der Waals surface area contributed by atoms with Crippen molar-refractivity contribution in [3.8, 4) is 0 Å². The zero-order valence-corrected chi connectivity index (χ0v) is 17.5. The number of hydrogen-bond donors (Lipinski definition) is 2. The summed E-state index contributed by atoms with van der Waals surface area (Å²) in [7, 11) is 4.44. The number of hydrogen-bond acceptors (Lipinski definition) is 2. The first-order chi connectivity index (χ1) is 13.4. The van der Waals surface area contributed by atoms with Crippen LogP contribution in [0.15, 0.2) is 54.6 Å². The first-order valence-electron chi connectivity index (χ1n) is 9.94. The van der Waals surface area contributed by atoms with Crippen LogP contribution in [0.1, 0.15) is 29.5 Å². The molecular formula is C24H33N2O2+. The van der Waals surface area contributed by atoms with Gasteiger partial charge < -0.3 is 15.0 Å². The van der Waals surface area contributed by atoms with Crippen LogP contribution in [0.3, 0.4) is 0 Å². The Labute approximate surface area is 169 Å². The van der Waals surface area contributed by atoms with Crippen LogP contribution in [0.5, 0.6) is 0 Å². The van der Waals surface area contributed by atoms with Crippen molar-refractivity contribution in [3.05, 3.63) is 71.3 Å². The molecule has 0 aromatic heterocycles. The molecule has 1 aliphatic heterocycles. The Hall–Kier alpha value is -2.43. The van der Waals surface area contributed by atoms with Crippen molar-refractivity contribution in [1.82, 2.24) is 0 Å². The topological polar surface area (TPSA) is 42.8 Å². The van der Waals surface area contributed by atoms with E-state index in [1.165, 1.54) is 24.0 Å². The van der Waals surface area contributed by atoms with Crippen LogP contribution < -0.4 is 10.2 Å². The number of rotatable bonds is 4. The molecule has 1 aliphatic rings. The molecule has 28 heavy (non-hydrogen) atoms. The molecule has 0 unspecified atom stereocenters. The quantitative estimate of drug-likeness (QED) is 0.799. The SMILES string of the molecule is C[NH+](C)C1CCOCC1.Cc1ccc(NC(=O)/C=C/c2cccc(C)c2)cc1. The normalized spacial score (nSPS) is 14.6. The first-order valence-corrected chi connectivity index (χ1v) is 9.94. The van der Waals surface area contributed by atoms with Gasteiger partial charge in [0.05, 0.1) is 33.4 Å². The van der Waals surface area contributed by atoms with Gasteiger partial charge in [-0.2, -0.15) is 0 Å². The zero-order chi connectivity index (χ0) is 20.4. The van der Waals surface area contributed by atoms with E-state index in [0.29, 0.717) is 0 Å². The maximum Gasteiger partial charge on any atom is 0.248 e. The summed E-state index contributed by atoms with van der Waals surface area (Å²) in [6, 6.07) is 16.6. The smallest absolute Gasteiger partial charge is 0.248 e. The lowest BCUT2D eigenvalue weighted by molar-refractivity contribution is -0.887. The van der Waals surface area contributed by atoms with E-state index >= 15 is 0 Å². The Morgan fingerprint density at radius 3 is 2.29 bits per heavy atom. The molecule has 2 N–H and O–H groups in total. The van der Waals surface area contributed by atoms with E-state index in [9.17, 15) is 4.79 Å². The Morgan fingerprint density at radius 2 is 1.71 bits per heavy atom. The van der Waals surface area contributed by atoms with Crippen LogP contribution >= 0.6 is 0 Å². The number of quaternary nitrogens is 1. The monoisotopic (exact) mass is 381 g/mol. The number of carbonyl (C=O) groups excluding carboxylic acids is 1. The summed E-state index contributed by atoms with van der Waals surface area (Å²) in [6.07, 6.45) is 5.84. The predicted octanol–water partition coefficient (Wildman–Crippen LogP) is 3.27. The number of benzene rings is 2. The third-order valence-corrected chi connectivity index (χ3v) is 4.83. The van der Waals surface area contributed by atoms with Crippen LogP contribution in [0.4, 0.5) is 5.69 Å². The lowest BCUT2D eigenvalue weighted by atomic mass is 10.1. The molecule has 0 atom stereocenters. The van der Waals surface area contributed by atoms with Crippen molar-refractivity contribution in [3.63, 3.8) is 0 Å². The van der Waals surface area contributed by atoms with Crippen molar-refractivity contribution in [2.45, 2.75) is 32.7 Å². The molecule has 3 rings (SSSR count). The highest BCUT2D eigenvalue weighted by molar-refractivity contribution is 6.01. The fraction of sp³-hybridized carbons (Fsp3) is 0.375. The predicted molar refractivity (Wildman–Crippen MR) is 117 cm³/mol. The molecule has 0 bridgehead atoms. The van der Waals surface area contributed by atoms with Crippen LogP contribution in [-0.4, -0.2) is 39.3 Å². The fourth-order valence-corrected chi connectivity index (χ4v) is 3.04. The highest BCUT2D eigenvalue weighted by atomic mass is 16.5. The Morgan fingerprint density at radius 1 is 1.04 bits per heavy atom. The Bertz CT molecular complexity index is 760. The van der Waals surface area contributed by atoms with Gasteiger partial charge in [-0.1, -0.05) is 47.5 Å². The molecule has 1 fully saturated rings. The largest absolute Gasteiger partial charge is 0.381 e. The minimum atomic E-state index is -0.120. The van der Waals surface area contributed by atoms with Gasteiger partial charge >= 0.3 is 0 Å². The summed E-state index contributed by atoms with van der Waals surface area (Å²) < 4.78 is 5.24.